The summed E-state index contributed by atoms with van der Waals surface area (Å²) in [6.45, 7) is 7.51. The Kier molecular flexibility index (Phi) is 6.71. The number of thioether (sulfide) groups is 1. The fraction of sp³-hybridized carbons (Fsp3) is 0.400. The number of carbonyl (C=O) groups excluding carboxylic acids is 2. The highest BCUT2D eigenvalue weighted by molar-refractivity contribution is 8.04. The van der Waals surface area contributed by atoms with Crippen LogP contribution in [0.1, 0.15) is 27.7 Å². The van der Waals surface area contributed by atoms with Crippen LogP contribution in [0.25, 0.3) is 0 Å². The largest absolute Gasteiger partial charge is 0.494 e. The maximum absolute atomic E-state index is 12.5. The molecule has 1 aromatic carbocycles. The van der Waals surface area contributed by atoms with Crippen molar-refractivity contribution in [1.82, 2.24) is 5.32 Å². The van der Waals surface area contributed by atoms with Crippen molar-refractivity contribution in [2.45, 2.75) is 32.9 Å². The summed E-state index contributed by atoms with van der Waals surface area (Å²) in [5, 5.41) is 24.0. The van der Waals surface area contributed by atoms with Gasteiger partial charge in [0, 0.05) is 11.1 Å². The van der Waals surface area contributed by atoms with Gasteiger partial charge in [-0.3, -0.25) is 9.59 Å². The molecular weight excluding hydrogens is 376 g/mol. The van der Waals surface area contributed by atoms with Gasteiger partial charge in [-0.05, 0) is 38.1 Å². The molecule has 2 rings (SSSR count). The van der Waals surface area contributed by atoms with E-state index in [0.717, 1.165) is 11.8 Å². The quantitative estimate of drug-likeness (QED) is 0.760. The van der Waals surface area contributed by atoms with Crippen molar-refractivity contribution < 1.29 is 14.3 Å². The summed E-state index contributed by atoms with van der Waals surface area (Å²) in [7, 11) is 0. The summed E-state index contributed by atoms with van der Waals surface area (Å²) < 4.78 is 5.37. The van der Waals surface area contributed by atoms with Crippen molar-refractivity contribution in [3.63, 3.8) is 0 Å². The van der Waals surface area contributed by atoms with E-state index < -0.39 is 22.5 Å². The molecule has 1 aliphatic rings. The Morgan fingerprint density at radius 2 is 2.00 bits per heavy atom. The van der Waals surface area contributed by atoms with Gasteiger partial charge in [0.1, 0.15) is 11.7 Å². The number of nitrogens with zero attached hydrogens (tertiary/aromatic N) is 2. The number of nitrogens with one attached hydrogen (secondary N) is 2. The van der Waals surface area contributed by atoms with Gasteiger partial charge in [0.05, 0.1) is 34.6 Å². The molecule has 0 aliphatic carbocycles. The van der Waals surface area contributed by atoms with Crippen molar-refractivity contribution in [2.75, 3.05) is 11.9 Å². The second-order valence-corrected chi connectivity index (χ2v) is 8.15. The lowest BCUT2D eigenvalue weighted by molar-refractivity contribution is -0.125. The average molecular weight is 398 g/mol. The van der Waals surface area contributed by atoms with Crippen LogP contribution in [0.15, 0.2) is 34.9 Å². The number of benzene rings is 1. The molecule has 146 valence electrons. The minimum Gasteiger partial charge on any atom is -0.494 e. The molecule has 2 amide bonds. The summed E-state index contributed by atoms with van der Waals surface area (Å²) in [4.78, 5) is 24.8. The second-order valence-electron chi connectivity index (χ2n) is 6.80. The molecule has 0 bridgehead atoms. The Morgan fingerprint density at radius 3 is 2.54 bits per heavy atom. The summed E-state index contributed by atoms with van der Waals surface area (Å²) in [5.74, 6) is -0.980. The highest BCUT2D eigenvalue weighted by Crippen LogP contribution is 2.42. The number of carbonyl (C=O) groups is 2. The van der Waals surface area contributed by atoms with Crippen LogP contribution in [-0.2, 0) is 9.59 Å². The van der Waals surface area contributed by atoms with Crippen LogP contribution >= 0.6 is 11.8 Å². The zero-order chi connectivity index (χ0) is 20.9. The second kappa shape index (κ2) is 8.81. The average Bonchev–Trinajstić information content (AvgIpc) is 2.63. The highest BCUT2D eigenvalue weighted by atomic mass is 32.2. The molecule has 0 unspecified atom stereocenters. The first-order valence-electron chi connectivity index (χ1n) is 8.80. The number of rotatable bonds is 6. The van der Waals surface area contributed by atoms with Crippen molar-refractivity contribution in [3.8, 4) is 17.9 Å². The number of allylic oxidation sites excluding steroid dienone is 1. The Balaban J connectivity index is 2.14. The summed E-state index contributed by atoms with van der Waals surface area (Å²) in [6.07, 6.45) is 0. The van der Waals surface area contributed by atoms with Gasteiger partial charge in [0.25, 0.3) is 0 Å². The predicted molar refractivity (Wildman–Crippen MR) is 107 cm³/mol. The van der Waals surface area contributed by atoms with Gasteiger partial charge in [0.15, 0.2) is 0 Å². The molecule has 0 aromatic heterocycles. The molecule has 1 aromatic rings. The molecule has 2 N–H and O–H groups in total. The van der Waals surface area contributed by atoms with E-state index in [0.29, 0.717) is 28.6 Å². The molecule has 8 heteroatoms. The molecule has 1 aliphatic heterocycles. The van der Waals surface area contributed by atoms with Crippen molar-refractivity contribution in [3.05, 3.63) is 34.9 Å². The Bertz CT molecular complexity index is 878. The Labute approximate surface area is 168 Å². The number of ether oxygens (including phenoxy) is 1. The molecule has 1 heterocycles. The first-order chi connectivity index (χ1) is 13.2. The number of hydrogen-bond acceptors (Lipinski definition) is 6. The third-order valence-electron chi connectivity index (χ3n) is 4.43. The third kappa shape index (κ3) is 4.47. The first kappa shape index (κ1) is 21.3. The molecule has 0 saturated carbocycles. The topological polar surface area (TPSA) is 115 Å². The minimum atomic E-state index is -0.959. The Morgan fingerprint density at radius 1 is 1.36 bits per heavy atom. The van der Waals surface area contributed by atoms with E-state index in [4.69, 9.17) is 4.74 Å². The zero-order valence-corrected chi connectivity index (χ0v) is 17.0. The smallest absolute Gasteiger partial charge is 0.243 e. The van der Waals surface area contributed by atoms with Crippen LogP contribution < -0.4 is 15.4 Å². The Hall–Kier alpha value is -2.97. The van der Waals surface area contributed by atoms with Crippen LogP contribution in [0, 0.1) is 34.0 Å². The molecule has 28 heavy (non-hydrogen) atoms. The van der Waals surface area contributed by atoms with E-state index in [1.807, 2.05) is 13.0 Å². The summed E-state index contributed by atoms with van der Waals surface area (Å²) in [5.41, 5.74) is -0.0169. The van der Waals surface area contributed by atoms with E-state index in [1.54, 1.807) is 45.0 Å². The van der Waals surface area contributed by atoms with Crippen LogP contribution in [0.5, 0.6) is 5.75 Å². The lowest BCUT2D eigenvalue weighted by Gasteiger charge is -2.35. The number of amides is 2. The number of anilines is 1. The van der Waals surface area contributed by atoms with Gasteiger partial charge < -0.3 is 15.4 Å². The van der Waals surface area contributed by atoms with Gasteiger partial charge in [-0.1, -0.05) is 25.6 Å². The molecule has 0 spiro atoms. The van der Waals surface area contributed by atoms with Crippen molar-refractivity contribution >= 4 is 29.3 Å². The van der Waals surface area contributed by atoms with Crippen LogP contribution in [0.4, 0.5) is 5.69 Å². The van der Waals surface area contributed by atoms with E-state index in [1.165, 1.54) is 0 Å². The van der Waals surface area contributed by atoms with E-state index in [9.17, 15) is 20.1 Å². The summed E-state index contributed by atoms with van der Waals surface area (Å²) in [6, 6.07) is 11.0. The highest BCUT2D eigenvalue weighted by Gasteiger charge is 2.45. The molecule has 0 radical (unpaired) electrons. The van der Waals surface area contributed by atoms with Crippen molar-refractivity contribution in [1.29, 1.82) is 10.5 Å². The van der Waals surface area contributed by atoms with Crippen molar-refractivity contribution in [2.24, 2.45) is 11.3 Å². The van der Waals surface area contributed by atoms with Gasteiger partial charge >= 0.3 is 0 Å². The molecule has 0 saturated heterocycles. The first-order valence-corrected chi connectivity index (χ1v) is 9.68. The lowest BCUT2D eigenvalue weighted by atomic mass is 9.72. The van der Waals surface area contributed by atoms with E-state index in [2.05, 4.69) is 16.7 Å². The minimum absolute atomic E-state index is 0.270. The van der Waals surface area contributed by atoms with Gasteiger partial charge in [-0.2, -0.15) is 10.5 Å². The zero-order valence-electron chi connectivity index (χ0n) is 16.2. The lowest BCUT2D eigenvalue weighted by Crippen LogP contribution is -2.45. The normalized spacial score (nSPS) is 19.1. The molecule has 2 atom stereocenters. The van der Waals surface area contributed by atoms with Gasteiger partial charge in [-0.25, -0.2) is 0 Å². The van der Waals surface area contributed by atoms with Crippen LogP contribution in [-0.4, -0.2) is 23.7 Å². The van der Waals surface area contributed by atoms with E-state index >= 15 is 0 Å². The van der Waals surface area contributed by atoms with E-state index in [-0.39, 0.29) is 5.91 Å². The van der Waals surface area contributed by atoms with Crippen LogP contribution in [0.2, 0.25) is 0 Å². The SMILES string of the molecule is CCOc1ccc(NC(=O)[C@@H](C)SC2=C(C#N)C(C)(C)[C@H](C#N)C(=O)N2)cc1. The fourth-order valence-corrected chi connectivity index (χ4v) is 3.90. The predicted octanol–water partition coefficient (Wildman–Crippen LogP) is 3.18. The number of hydrogen-bond donors (Lipinski definition) is 2. The van der Waals surface area contributed by atoms with Crippen LogP contribution in [0.3, 0.4) is 0 Å². The van der Waals surface area contributed by atoms with Gasteiger partial charge in [0.2, 0.25) is 11.8 Å². The maximum atomic E-state index is 12.5. The molecule has 7 nitrogen and oxygen atoms in total. The third-order valence-corrected chi connectivity index (χ3v) is 5.54. The standard InChI is InChI=1S/C20H22N4O3S/c1-5-27-14-8-6-13(7-9-14)23-17(25)12(2)28-19-16(11-22)20(3,4)15(10-21)18(26)24-19/h6-9,12,15H,5H2,1-4H3,(H,23,25)(H,24,26)/t12-,15-/m1/s1. The number of nitriles is 2. The molecule has 0 fully saturated rings. The summed E-state index contributed by atoms with van der Waals surface area (Å²) >= 11 is 1.09. The maximum Gasteiger partial charge on any atom is 0.243 e. The monoisotopic (exact) mass is 398 g/mol. The molecular formula is C20H22N4O3S. The van der Waals surface area contributed by atoms with Gasteiger partial charge in [-0.15, -0.1) is 0 Å². The fourth-order valence-electron chi connectivity index (χ4n) is 2.79.